The van der Waals surface area contributed by atoms with Crippen LogP contribution in [-0.2, 0) is 0 Å². The Morgan fingerprint density at radius 1 is 1.08 bits per heavy atom. The van der Waals surface area contributed by atoms with Crippen LogP contribution < -0.4 is 10.1 Å². The number of para-hydroxylation sites is 2. The van der Waals surface area contributed by atoms with Crippen LogP contribution in [0.3, 0.4) is 0 Å². The van der Waals surface area contributed by atoms with E-state index in [0.717, 1.165) is 22.4 Å². The molecule has 0 amide bonds. The number of hydrogen-bond acceptors (Lipinski definition) is 5. The number of aromatic nitrogens is 2. The minimum atomic E-state index is -0.459. The number of carbonyl (C=O) groups is 1. The molecule has 0 saturated carbocycles. The number of hydrogen-bond donors (Lipinski definition) is 1. The summed E-state index contributed by atoms with van der Waals surface area (Å²) in [6.07, 6.45) is 0.373. The normalized spacial score (nSPS) is 15.6. The van der Waals surface area contributed by atoms with E-state index < -0.39 is 5.60 Å². The molecule has 1 aliphatic rings. The van der Waals surface area contributed by atoms with Gasteiger partial charge < -0.3 is 10.1 Å². The van der Waals surface area contributed by atoms with Crippen LogP contribution in [0, 0.1) is 6.92 Å². The van der Waals surface area contributed by atoms with Crippen molar-refractivity contribution >= 4 is 28.3 Å². The molecule has 0 atom stereocenters. The number of benzene rings is 2. The van der Waals surface area contributed by atoms with Gasteiger partial charge in [0.15, 0.2) is 11.6 Å². The van der Waals surface area contributed by atoms with Gasteiger partial charge in [0.2, 0.25) is 0 Å². The summed E-state index contributed by atoms with van der Waals surface area (Å²) in [6.45, 7) is 5.76. The van der Waals surface area contributed by atoms with E-state index in [0.29, 0.717) is 23.6 Å². The number of anilines is 2. The van der Waals surface area contributed by atoms with Gasteiger partial charge in [0, 0.05) is 5.69 Å². The molecular formula is C20H19N3O2. The predicted molar refractivity (Wildman–Crippen MR) is 97.7 cm³/mol. The van der Waals surface area contributed by atoms with Crippen molar-refractivity contribution < 1.29 is 9.53 Å². The number of ether oxygens (including phenoxy) is 1. The summed E-state index contributed by atoms with van der Waals surface area (Å²) in [5.74, 6) is 1.41. The zero-order valence-corrected chi connectivity index (χ0v) is 14.5. The number of nitrogens with zero attached hydrogens (tertiary/aromatic N) is 2. The minimum Gasteiger partial charge on any atom is -0.487 e. The van der Waals surface area contributed by atoms with Crippen molar-refractivity contribution in [2.75, 3.05) is 5.32 Å². The molecule has 2 heterocycles. The molecule has 0 saturated heterocycles. The van der Waals surface area contributed by atoms with Gasteiger partial charge in [-0.05, 0) is 51.1 Å². The van der Waals surface area contributed by atoms with E-state index in [4.69, 9.17) is 4.74 Å². The lowest BCUT2D eigenvalue weighted by molar-refractivity contribution is 0.0620. The molecule has 1 aromatic heterocycles. The van der Waals surface area contributed by atoms with Crippen LogP contribution in [0.2, 0.25) is 0 Å². The summed E-state index contributed by atoms with van der Waals surface area (Å²) >= 11 is 0. The molecule has 1 N–H and O–H groups in total. The van der Waals surface area contributed by atoms with Gasteiger partial charge in [-0.1, -0.05) is 12.1 Å². The number of Topliss-reactive ketones (excluding diaryl/α,β-unsaturated/α-hetero) is 1. The molecule has 1 aliphatic heterocycles. The zero-order valence-electron chi connectivity index (χ0n) is 14.5. The molecule has 0 unspecified atom stereocenters. The summed E-state index contributed by atoms with van der Waals surface area (Å²) in [5, 5.41) is 3.27. The first-order chi connectivity index (χ1) is 11.9. The van der Waals surface area contributed by atoms with Gasteiger partial charge in [0.05, 0.1) is 28.7 Å². The number of rotatable bonds is 2. The van der Waals surface area contributed by atoms with Crippen molar-refractivity contribution in [2.45, 2.75) is 32.8 Å². The van der Waals surface area contributed by atoms with Crippen LogP contribution in [0.4, 0.5) is 11.5 Å². The Morgan fingerprint density at radius 3 is 2.56 bits per heavy atom. The molecule has 0 aliphatic carbocycles. The largest absolute Gasteiger partial charge is 0.487 e. The van der Waals surface area contributed by atoms with Gasteiger partial charge in [-0.2, -0.15) is 0 Å². The molecule has 5 heteroatoms. The maximum atomic E-state index is 12.4. The van der Waals surface area contributed by atoms with Gasteiger partial charge in [0.25, 0.3) is 0 Å². The fourth-order valence-corrected chi connectivity index (χ4v) is 3.07. The van der Waals surface area contributed by atoms with Crippen molar-refractivity contribution in [2.24, 2.45) is 0 Å². The summed E-state index contributed by atoms with van der Waals surface area (Å²) in [4.78, 5) is 21.6. The number of fused-ring (bicyclic) bond motifs is 2. The molecule has 2 aromatic carbocycles. The second kappa shape index (κ2) is 5.55. The molecule has 4 rings (SSSR count). The van der Waals surface area contributed by atoms with Crippen LogP contribution in [-0.4, -0.2) is 21.4 Å². The first kappa shape index (κ1) is 15.6. The molecule has 5 nitrogen and oxygen atoms in total. The van der Waals surface area contributed by atoms with Gasteiger partial charge in [-0.15, -0.1) is 0 Å². The van der Waals surface area contributed by atoms with Crippen molar-refractivity contribution in [1.82, 2.24) is 9.97 Å². The lowest BCUT2D eigenvalue weighted by Crippen LogP contribution is -2.35. The molecule has 0 spiro atoms. The fourth-order valence-electron chi connectivity index (χ4n) is 3.07. The Labute approximate surface area is 146 Å². The van der Waals surface area contributed by atoms with E-state index in [1.807, 2.05) is 63.2 Å². The highest BCUT2D eigenvalue weighted by atomic mass is 16.5. The predicted octanol–water partition coefficient (Wildman–Crippen LogP) is 4.43. The SMILES string of the molecule is Cc1nc2ccccc2nc1Nc1ccc2c(c1)C(=O)CC(C)(C)O2. The van der Waals surface area contributed by atoms with Crippen LogP contribution in [0.15, 0.2) is 42.5 Å². The number of ketones is 1. The van der Waals surface area contributed by atoms with Crippen molar-refractivity contribution in [3.63, 3.8) is 0 Å². The molecular weight excluding hydrogens is 314 g/mol. The molecule has 0 radical (unpaired) electrons. The summed E-state index contributed by atoms with van der Waals surface area (Å²) in [5.41, 5.74) is 3.44. The maximum absolute atomic E-state index is 12.4. The topological polar surface area (TPSA) is 64.1 Å². The number of aryl methyl sites for hydroxylation is 1. The van der Waals surface area contributed by atoms with Crippen LogP contribution >= 0.6 is 0 Å². The Kier molecular flexibility index (Phi) is 3.46. The highest BCUT2D eigenvalue weighted by Gasteiger charge is 2.32. The molecule has 0 fully saturated rings. The van der Waals surface area contributed by atoms with Gasteiger partial charge >= 0.3 is 0 Å². The van der Waals surface area contributed by atoms with E-state index in [9.17, 15) is 4.79 Å². The zero-order chi connectivity index (χ0) is 17.6. The minimum absolute atomic E-state index is 0.0937. The average Bonchev–Trinajstić information content (AvgIpc) is 2.55. The maximum Gasteiger partial charge on any atom is 0.170 e. The Balaban J connectivity index is 1.69. The third-order valence-electron chi connectivity index (χ3n) is 4.26. The van der Waals surface area contributed by atoms with Crippen molar-refractivity contribution in [3.8, 4) is 5.75 Å². The summed E-state index contributed by atoms with van der Waals surface area (Å²) in [7, 11) is 0. The third-order valence-corrected chi connectivity index (χ3v) is 4.26. The second-order valence-electron chi connectivity index (χ2n) is 6.94. The van der Waals surface area contributed by atoms with Crippen molar-refractivity contribution in [1.29, 1.82) is 0 Å². The van der Waals surface area contributed by atoms with E-state index in [2.05, 4.69) is 15.3 Å². The first-order valence-electron chi connectivity index (χ1n) is 8.28. The Morgan fingerprint density at radius 2 is 1.80 bits per heavy atom. The van der Waals surface area contributed by atoms with Gasteiger partial charge in [-0.25, -0.2) is 9.97 Å². The molecule has 126 valence electrons. The first-order valence-corrected chi connectivity index (χ1v) is 8.28. The standard InChI is InChI=1S/C20H19N3O2/c1-12-19(23-16-7-5-4-6-15(16)21-12)22-13-8-9-18-14(10-13)17(24)11-20(2,3)25-18/h4-10H,11H2,1-3H3,(H,22,23). The average molecular weight is 333 g/mol. The van der Waals surface area contributed by atoms with E-state index in [-0.39, 0.29) is 5.78 Å². The highest BCUT2D eigenvalue weighted by molar-refractivity contribution is 6.01. The molecule has 3 aromatic rings. The second-order valence-corrected chi connectivity index (χ2v) is 6.94. The summed E-state index contributed by atoms with van der Waals surface area (Å²) < 4.78 is 5.90. The van der Waals surface area contributed by atoms with Gasteiger partial charge in [-0.3, -0.25) is 4.79 Å². The Hall–Kier alpha value is -2.95. The summed E-state index contributed by atoms with van der Waals surface area (Å²) in [6, 6.07) is 13.3. The molecule has 0 bridgehead atoms. The smallest absolute Gasteiger partial charge is 0.170 e. The lowest BCUT2D eigenvalue weighted by atomic mass is 9.93. The Bertz CT molecular complexity index is 995. The van der Waals surface area contributed by atoms with Gasteiger partial charge in [0.1, 0.15) is 11.4 Å². The number of nitrogens with one attached hydrogen (secondary N) is 1. The molecule has 25 heavy (non-hydrogen) atoms. The quantitative estimate of drug-likeness (QED) is 0.752. The van der Waals surface area contributed by atoms with Crippen LogP contribution in [0.25, 0.3) is 11.0 Å². The highest BCUT2D eigenvalue weighted by Crippen LogP contribution is 2.35. The lowest BCUT2D eigenvalue weighted by Gasteiger charge is -2.31. The van der Waals surface area contributed by atoms with Crippen LogP contribution in [0.5, 0.6) is 5.75 Å². The van der Waals surface area contributed by atoms with Crippen LogP contribution in [0.1, 0.15) is 36.3 Å². The van der Waals surface area contributed by atoms with Crippen molar-refractivity contribution in [3.05, 3.63) is 53.7 Å². The monoisotopic (exact) mass is 333 g/mol. The fraction of sp³-hybridized carbons (Fsp3) is 0.250. The number of carbonyl (C=O) groups excluding carboxylic acids is 1. The van der Waals surface area contributed by atoms with E-state index >= 15 is 0 Å². The third kappa shape index (κ3) is 2.93. The van der Waals surface area contributed by atoms with E-state index in [1.165, 1.54) is 0 Å². The van der Waals surface area contributed by atoms with E-state index in [1.54, 1.807) is 0 Å².